The van der Waals surface area contributed by atoms with Gasteiger partial charge in [0, 0.05) is 6.07 Å². The van der Waals surface area contributed by atoms with Crippen molar-refractivity contribution in [2.45, 2.75) is 20.1 Å². The number of furan rings is 1. The fraction of sp³-hybridized carbons (Fsp3) is 0.231. The summed E-state index contributed by atoms with van der Waals surface area (Å²) in [7, 11) is 0. The summed E-state index contributed by atoms with van der Waals surface area (Å²) in [6.45, 7) is 1.92. The molecule has 0 radical (unpaired) electrons. The molecule has 2 rings (SSSR count). The predicted molar refractivity (Wildman–Crippen MR) is 60.1 cm³/mol. The van der Waals surface area contributed by atoms with Crippen molar-refractivity contribution in [1.82, 2.24) is 0 Å². The lowest BCUT2D eigenvalue weighted by atomic mass is 10.2. The van der Waals surface area contributed by atoms with Crippen molar-refractivity contribution < 1.29 is 18.7 Å². The molecular formula is C13H13FO3. The van der Waals surface area contributed by atoms with Gasteiger partial charge in [0.15, 0.2) is 0 Å². The van der Waals surface area contributed by atoms with E-state index in [0.29, 0.717) is 17.3 Å². The van der Waals surface area contributed by atoms with Gasteiger partial charge in [-0.25, -0.2) is 4.39 Å². The topological polar surface area (TPSA) is 42.6 Å². The molecule has 2 aromatic rings. The second kappa shape index (κ2) is 5.01. The maximum Gasteiger partial charge on any atom is 0.146 e. The standard InChI is InChI=1S/C13H13FO3/c1-9-2-3-10(14)6-13(9)16-8-12-5-4-11(7-15)17-12/h2-6,15H,7-8H2,1H3. The number of aliphatic hydroxyl groups is 1. The number of halogens is 1. The summed E-state index contributed by atoms with van der Waals surface area (Å²) >= 11 is 0. The van der Waals surface area contributed by atoms with E-state index >= 15 is 0 Å². The van der Waals surface area contributed by atoms with Crippen LogP contribution < -0.4 is 4.74 Å². The Kier molecular flexibility index (Phi) is 3.44. The summed E-state index contributed by atoms with van der Waals surface area (Å²) < 4.78 is 23.7. The summed E-state index contributed by atoms with van der Waals surface area (Å²) in [6, 6.07) is 7.79. The van der Waals surface area contributed by atoms with Gasteiger partial charge in [0.05, 0.1) is 0 Å². The van der Waals surface area contributed by atoms with Crippen LogP contribution in [0.2, 0.25) is 0 Å². The van der Waals surface area contributed by atoms with E-state index in [9.17, 15) is 4.39 Å². The number of ether oxygens (including phenoxy) is 1. The summed E-state index contributed by atoms with van der Waals surface area (Å²) in [5.41, 5.74) is 0.861. The van der Waals surface area contributed by atoms with Crippen LogP contribution in [0.4, 0.5) is 4.39 Å². The van der Waals surface area contributed by atoms with Gasteiger partial charge >= 0.3 is 0 Å². The highest BCUT2D eigenvalue weighted by Gasteiger charge is 2.05. The van der Waals surface area contributed by atoms with E-state index in [2.05, 4.69) is 0 Å². The van der Waals surface area contributed by atoms with Gasteiger partial charge in [0.2, 0.25) is 0 Å². The molecule has 0 fully saturated rings. The van der Waals surface area contributed by atoms with Gasteiger partial charge in [0.25, 0.3) is 0 Å². The fourth-order valence-corrected chi connectivity index (χ4v) is 1.46. The third-order valence-electron chi connectivity index (χ3n) is 2.39. The van der Waals surface area contributed by atoms with E-state index in [1.54, 1.807) is 18.2 Å². The Morgan fingerprint density at radius 3 is 2.71 bits per heavy atom. The molecule has 0 aliphatic carbocycles. The van der Waals surface area contributed by atoms with E-state index in [1.165, 1.54) is 12.1 Å². The molecular weight excluding hydrogens is 223 g/mol. The van der Waals surface area contributed by atoms with Crippen LogP contribution in [0.3, 0.4) is 0 Å². The van der Waals surface area contributed by atoms with Gasteiger partial charge in [-0.1, -0.05) is 6.07 Å². The molecule has 0 spiro atoms. The summed E-state index contributed by atoms with van der Waals surface area (Å²) in [5, 5.41) is 8.83. The summed E-state index contributed by atoms with van der Waals surface area (Å²) in [4.78, 5) is 0. The molecule has 0 aliphatic rings. The SMILES string of the molecule is Cc1ccc(F)cc1OCc1ccc(CO)o1. The lowest BCUT2D eigenvalue weighted by molar-refractivity contribution is 0.224. The van der Waals surface area contributed by atoms with Crippen LogP contribution in [0.1, 0.15) is 17.1 Å². The predicted octanol–water partition coefficient (Wildman–Crippen LogP) is 2.80. The fourth-order valence-electron chi connectivity index (χ4n) is 1.46. The molecule has 4 heteroatoms. The Bertz CT molecular complexity index is 505. The maximum atomic E-state index is 13.0. The molecule has 17 heavy (non-hydrogen) atoms. The Morgan fingerprint density at radius 1 is 1.24 bits per heavy atom. The Balaban J connectivity index is 2.04. The van der Waals surface area contributed by atoms with Gasteiger partial charge in [-0.15, -0.1) is 0 Å². The lowest BCUT2D eigenvalue weighted by Gasteiger charge is -2.07. The zero-order valence-electron chi connectivity index (χ0n) is 9.44. The third-order valence-corrected chi connectivity index (χ3v) is 2.39. The zero-order chi connectivity index (χ0) is 12.3. The molecule has 0 saturated heterocycles. The first-order valence-corrected chi connectivity index (χ1v) is 5.26. The molecule has 90 valence electrons. The van der Waals surface area contributed by atoms with E-state index in [1.807, 2.05) is 6.92 Å². The smallest absolute Gasteiger partial charge is 0.146 e. The van der Waals surface area contributed by atoms with Crippen LogP contribution in [0.15, 0.2) is 34.7 Å². The number of aliphatic hydroxyl groups excluding tert-OH is 1. The second-order valence-corrected chi connectivity index (χ2v) is 3.72. The van der Waals surface area contributed by atoms with Gasteiger partial charge in [-0.05, 0) is 30.7 Å². The van der Waals surface area contributed by atoms with Gasteiger partial charge in [-0.2, -0.15) is 0 Å². The highest BCUT2D eigenvalue weighted by molar-refractivity contribution is 5.32. The van der Waals surface area contributed by atoms with Gasteiger partial charge in [-0.3, -0.25) is 0 Å². The molecule has 1 N–H and O–H groups in total. The third kappa shape index (κ3) is 2.85. The van der Waals surface area contributed by atoms with E-state index in [0.717, 1.165) is 5.56 Å². The lowest BCUT2D eigenvalue weighted by Crippen LogP contribution is -1.96. The Morgan fingerprint density at radius 2 is 2.00 bits per heavy atom. The Hall–Kier alpha value is -1.81. The van der Waals surface area contributed by atoms with Gasteiger partial charge < -0.3 is 14.3 Å². The molecule has 3 nitrogen and oxygen atoms in total. The average molecular weight is 236 g/mol. The normalized spacial score (nSPS) is 10.5. The second-order valence-electron chi connectivity index (χ2n) is 3.72. The zero-order valence-corrected chi connectivity index (χ0v) is 9.44. The summed E-state index contributed by atoms with van der Waals surface area (Å²) in [6.07, 6.45) is 0. The molecule has 1 heterocycles. The highest BCUT2D eigenvalue weighted by atomic mass is 19.1. The van der Waals surface area contributed by atoms with Gasteiger partial charge in [0.1, 0.15) is 36.3 Å². The highest BCUT2D eigenvalue weighted by Crippen LogP contribution is 2.20. The maximum absolute atomic E-state index is 13.0. The first kappa shape index (κ1) is 11.7. The monoisotopic (exact) mass is 236 g/mol. The van der Waals surface area contributed by atoms with Crippen molar-refractivity contribution in [3.05, 3.63) is 53.2 Å². The van der Waals surface area contributed by atoms with Crippen molar-refractivity contribution >= 4 is 0 Å². The quantitative estimate of drug-likeness (QED) is 0.887. The van der Waals surface area contributed by atoms with Crippen molar-refractivity contribution in [1.29, 1.82) is 0 Å². The van der Waals surface area contributed by atoms with Crippen LogP contribution >= 0.6 is 0 Å². The number of aryl methyl sites for hydroxylation is 1. The van der Waals surface area contributed by atoms with Crippen LogP contribution in [0.25, 0.3) is 0 Å². The largest absolute Gasteiger partial charge is 0.485 e. The average Bonchev–Trinajstić information content (AvgIpc) is 2.78. The molecule has 0 saturated carbocycles. The minimum atomic E-state index is -0.332. The van der Waals surface area contributed by atoms with E-state index in [4.69, 9.17) is 14.3 Å². The van der Waals surface area contributed by atoms with E-state index in [-0.39, 0.29) is 19.0 Å². The first-order valence-electron chi connectivity index (χ1n) is 5.26. The van der Waals surface area contributed by atoms with Crippen LogP contribution in [0, 0.1) is 12.7 Å². The molecule has 0 unspecified atom stereocenters. The van der Waals surface area contributed by atoms with Crippen LogP contribution in [0.5, 0.6) is 5.75 Å². The van der Waals surface area contributed by atoms with E-state index < -0.39 is 0 Å². The minimum absolute atomic E-state index is 0.140. The molecule has 0 amide bonds. The van der Waals surface area contributed by atoms with Crippen LogP contribution in [-0.2, 0) is 13.2 Å². The molecule has 0 bridgehead atoms. The minimum Gasteiger partial charge on any atom is -0.485 e. The Labute approximate surface area is 98.5 Å². The number of hydrogen-bond donors (Lipinski definition) is 1. The van der Waals surface area contributed by atoms with Crippen molar-refractivity contribution in [2.75, 3.05) is 0 Å². The molecule has 0 atom stereocenters. The van der Waals surface area contributed by atoms with Crippen molar-refractivity contribution in [3.63, 3.8) is 0 Å². The molecule has 0 aliphatic heterocycles. The number of rotatable bonds is 4. The number of hydrogen-bond acceptors (Lipinski definition) is 3. The van der Waals surface area contributed by atoms with Crippen molar-refractivity contribution in [2.24, 2.45) is 0 Å². The number of benzene rings is 1. The molecule has 1 aromatic carbocycles. The summed E-state index contributed by atoms with van der Waals surface area (Å²) in [5.74, 6) is 1.24. The molecule has 1 aromatic heterocycles. The first-order chi connectivity index (χ1) is 8.19. The van der Waals surface area contributed by atoms with Crippen molar-refractivity contribution in [3.8, 4) is 5.75 Å². The van der Waals surface area contributed by atoms with Crippen LogP contribution in [-0.4, -0.2) is 5.11 Å².